The molecule has 27 heavy (non-hydrogen) atoms. The van der Waals surface area contributed by atoms with E-state index in [0.29, 0.717) is 36.8 Å². The van der Waals surface area contributed by atoms with Gasteiger partial charge in [-0.15, -0.1) is 24.0 Å². The number of aryl methyl sites for hydroxylation is 1. The number of likely N-dealkylation sites (tertiary alicyclic amines) is 1. The molecule has 148 valence electrons. The van der Waals surface area contributed by atoms with Crippen LogP contribution in [-0.2, 0) is 13.0 Å². The number of benzene rings is 1. The summed E-state index contributed by atoms with van der Waals surface area (Å²) in [5, 5.41) is 10.7. The SMILES string of the molecule is CN=C(NCCc1nc(C)no1)NC1CC(C)N(Cc2ccccc2)C1.I. The molecule has 1 aromatic heterocycles. The van der Waals surface area contributed by atoms with Crippen LogP contribution in [0.5, 0.6) is 0 Å². The van der Waals surface area contributed by atoms with Crippen LogP contribution in [0.3, 0.4) is 0 Å². The van der Waals surface area contributed by atoms with Gasteiger partial charge in [-0.3, -0.25) is 9.89 Å². The lowest BCUT2D eigenvalue weighted by Crippen LogP contribution is -2.45. The summed E-state index contributed by atoms with van der Waals surface area (Å²) >= 11 is 0. The molecule has 1 fully saturated rings. The quantitative estimate of drug-likeness (QED) is 0.373. The molecule has 7 nitrogen and oxygen atoms in total. The number of rotatable bonds is 6. The summed E-state index contributed by atoms with van der Waals surface area (Å²) in [4.78, 5) is 11.1. The van der Waals surface area contributed by atoms with Crippen molar-refractivity contribution in [2.45, 2.75) is 45.3 Å². The summed E-state index contributed by atoms with van der Waals surface area (Å²) in [7, 11) is 1.80. The monoisotopic (exact) mass is 484 g/mol. The van der Waals surface area contributed by atoms with Crippen LogP contribution in [0.25, 0.3) is 0 Å². The molecule has 2 N–H and O–H groups in total. The van der Waals surface area contributed by atoms with Gasteiger partial charge < -0.3 is 15.2 Å². The van der Waals surface area contributed by atoms with Gasteiger partial charge in [0.1, 0.15) is 0 Å². The molecule has 0 bridgehead atoms. The molecule has 3 rings (SSSR count). The molecule has 2 unspecified atom stereocenters. The van der Waals surface area contributed by atoms with Crippen molar-refractivity contribution >= 4 is 29.9 Å². The van der Waals surface area contributed by atoms with Crippen LogP contribution in [0.2, 0.25) is 0 Å². The highest BCUT2D eigenvalue weighted by Crippen LogP contribution is 2.20. The smallest absolute Gasteiger partial charge is 0.228 e. The first kappa shape index (κ1) is 21.6. The van der Waals surface area contributed by atoms with Crippen molar-refractivity contribution in [1.82, 2.24) is 25.7 Å². The highest BCUT2D eigenvalue weighted by Gasteiger charge is 2.29. The number of nitrogens with one attached hydrogen (secondary N) is 2. The van der Waals surface area contributed by atoms with E-state index in [0.717, 1.165) is 25.5 Å². The Morgan fingerprint density at radius 2 is 2.11 bits per heavy atom. The van der Waals surface area contributed by atoms with E-state index in [9.17, 15) is 0 Å². The number of hydrogen-bond donors (Lipinski definition) is 2. The van der Waals surface area contributed by atoms with Crippen molar-refractivity contribution in [3.05, 3.63) is 47.6 Å². The van der Waals surface area contributed by atoms with Crippen molar-refractivity contribution in [1.29, 1.82) is 0 Å². The first-order chi connectivity index (χ1) is 12.6. The van der Waals surface area contributed by atoms with Gasteiger partial charge >= 0.3 is 0 Å². The maximum Gasteiger partial charge on any atom is 0.228 e. The zero-order valence-electron chi connectivity index (χ0n) is 16.2. The number of hydrogen-bond acceptors (Lipinski definition) is 5. The number of aliphatic imine (C=N–C) groups is 1. The lowest BCUT2D eigenvalue weighted by Gasteiger charge is -2.21. The Hall–Kier alpha value is -1.68. The molecule has 0 radical (unpaired) electrons. The number of guanidine groups is 1. The van der Waals surface area contributed by atoms with Crippen LogP contribution < -0.4 is 10.6 Å². The molecule has 8 heteroatoms. The van der Waals surface area contributed by atoms with Gasteiger partial charge in [0.15, 0.2) is 11.8 Å². The second kappa shape index (κ2) is 10.6. The minimum atomic E-state index is 0. The fourth-order valence-corrected chi connectivity index (χ4v) is 3.36. The zero-order valence-corrected chi connectivity index (χ0v) is 18.5. The average molecular weight is 484 g/mol. The maximum absolute atomic E-state index is 5.13. The van der Waals surface area contributed by atoms with Crippen LogP contribution in [0.1, 0.15) is 30.6 Å². The van der Waals surface area contributed by atoms with Gasteiger partial charge in [-0.25, -0.2) is 0 Å². The summed E-state index contributed by atoms with van der Waals surface area (Å²) in [6, 6.07) is 11.6. The molecular weight excluding hydrogens is 455 g/mol. The maximum atomic E-state index is 5.13. The van der Waals surface area contributed by atoms with E-state index >= 15 is 0 Å². The largest absolute Gasteiger partial charge is 0.356 e. The molecule has 1 aromatic carbocycles. The Balaban J connectivity index is 0.00000261. The fourth-order valence-electron chi connectivity index (χ4n) is 3.36. The first-order valence-electron chi connectivity index (χ1n) is 9.18. The van der Waals surface area contributed by atoms with Crippen LogP contribution in [0.15, 0.2) is 39.8 Å². The third kappa shape index (κ3) is 6.46. The number of nitrogens with zero attached hydrogens (tertiary/aromatic N) is 4. The van der Waals surface area contributed by atoms with Crippen molar-refractivity contribution in [3.63, 3.8) is 0 Å². The van der Waals surface area contributed by atoms with Crippen molar-refractivity contribution < 1.29 is 4.52 Å². The highest BCUT2D eigenvalue weighted by molar-refractivity contribution is 14.0. The normalized spacial score (nSPS) is 20.3. The van der Waals surface area contributed by atoms with Crippen molar-refractivity contribution in [3.8, 4) is 0 Å². The standard InChI is InChI=1S/C19H28N6O.HI/c1-14-11-17(13-25(14)12-16-7-5-4-6-8-16)23-19(20-3)21-10-9-18-22-15(2)24-26-18;/h4-8,14,17H,9-13H2,1-3H3,(H2,20,21,23);1H. The molecule has 2 aromatic rings. The Morgan fingerprint density at radius 1 is 1.33 bits per heavy atom. The molecule has 0 saturated carbocycles. The molecule has 2 atom stereocenters. The predicted molar refractivity (Wildman–Crippen MR) is 117 cm³/mol. The predicted octanol–water partition coefficient (Wildman–Crippen LogP) is 2.37. The Labute approximate surface area is 178 Å². The van der Waals surface area contributed by atoms with Gasteiger partial charge in [0.05, 0.1) is 0 Å². The lowest BCUT2D eigenvalue weighted by atomic mass is 10.2. The molecule has 0 aliphatic carbocycles. The van der Waals surface area contributed by atoms with Crippen LogP contribution >= 0.6 is 24.0 Å². The van der Waals surface area contributed by atoms with Crippen LogP contribution in [-0.4, -0.2) is 53.2 Å². The van der Waals surface area contributed by atoms with Gasteiger partial charge in [-0.2, -0.15) is 4.98 Å². The van der Waals surface area contributed by atoms with E-state index in [1.807, 2.05) is 6.92 Å². The minimum absolute atomic E-state index is 0. The summed E-state index contributed by atoms with van der Waals surface area (Å²) in [5.41, 5.74) is 1.36. The van der Waals surface area contributed by atoms with Crippen molar-refractivity contribution in [2.24, 2.45) is 4.99 Å². The Bertz CT molecular complexity index is 720. The molecular formula is C19H29IN6O. The van der Waals surface area contributed by atoms with E-state index in [1.165, 1.54) is 5.56 Å². The molecule has 1 aliphatic rings. The van der Waals surface area contributed by atoms with E-state index in [-0.39, 0.29) is 24.0 Å². The molecule has 0 spiro atoms. The Kier molecular flexibility index (Phi) is 8.49. The molecule has 0 amide bonds. The number of aromatic nitrogens is 2. The van der Waals surface area contributed by atoms with E-state index in [2.05, 4.69) is 67.9 Å². The summed E-state index contributed by atoms with van der Waals surface area (Å²) in [6.07, 6.45) is 1.79. The van der Waals surface area contributed by atoms with E-state index in [4.69, 9.17) is 4.52 Å². The molecule has 1 saturated heterocycles. The number of halogens is 1. The van der Waals surface area contributed by atoms with E-state index < -0.39 is 0 Å². The fraction of sp³-hybridized carbons (Fsp3) is 0.526. The van der Waals surface area contributed by atoms with E-state index in [1.54, 1.807) is 7.05 Å². The first-order valence-corrected chi connectivity index (χ1v) is 9.18. The summed E-state index contributed by atoms with van der Waals surface area (Å²) in [6.45, 7) is 6.82. The third-order valence-corrected chi connectivity index (χ3v) is 4.70. The second-order valence-electron chi connectivity index (χ2n) is 6.83. The third-order valence-electron chi connectivity index (χ3n) is 4.70. The second-order valence-corrected chi connectivity index (χ2v) is 6.83. The summed E-state index contributed by atoms with van der Waals surface area (Å²) in [5.74, 6) is 2.13. The highest BCUT2D eigenvalue weighted by atomic mass is 127. The minimum Gasteiger partial charge on any atom is -0.356 e. The van der Waals surface area contributed by atoms with Crippen LogP contribution in [0.4, 0.5) is 0 Å². The van der Waals surface area contributed by atoms with Gasteiger partial charge in [0, 0.05) is 45.2 Å². The Morgan fingerprint density at radius 3 is 2.78 bits per heavy atom. The average Bonchev–Trinajstić information content (AvgIpc) is 3.20. The molecule has 1 aliphatic heterocycles. The van der Waals surface area contributed by atoms with Gasteiger partial charge in [-0.05, 0) is 25.8 Å². The summed E-state index contributed by atoms with van der Waals surface area (Å²) < 4.78 is 5.13. The van der Waals surface area contributed by atoms with Gasteiger partial charge in [-0.1, -0.05) is 35.5 Å². The zero-order chi connectivity index (χ0) is 18.4. The topological polar surface area (TPSA) is 78.6 Å². The van der Waals surface area contributed by atoms with Crippen LogP contribution in [0, 0.1) is 6.92 Å². The van der Waals surface area contributed by atoms with Gasteiger partial charge in [0.25, 0.3) is 0 Å². The molecule has 2 heterocycles. The lowest BCUT2D eigenvalue weighted by molar-refractivity contribution is 0.258. The van der Waals surface area contributed by atoms with Crippen molar-refractivity contribution in [2.75, 3.05) is 20.1 Å². The van der Waals surface area contributed by atoms with Gasteiger partial charge in [0.2, 0.25) is 5.89 Å².